The molecule has 1 unspecified atom stereocenters. The van der Waals surface area contributed by atoms with E-state index in [9.17, 15) is 0 Å². The van der Waals surface area contributed by atoms with Crippen molar-refractivity contribution in [1.82, 2.24) is 0 Å². The zero-order valence-corrected chi connectivity index (χ0v) is 9.78. The minimum absolute atomic E-state index is 0.124. The Morgan fingerprint density at radius 2 is 1.92 bits per heavy atom. The van der Waals surface area contributed by atoms with Gasteiger partial charge in [-0.3, -0.25) is 0 Å². The third-order valence-corrected chi connectivity index (χ3v) is 2.85. The molecule has 0 saturated heterocycles. The molecule has 0 fully saturated rings. The summed E-state index contributed by atoms with van der Waals surface area (Å²) in [4.78, 5) is 0. The first-order chi connectivity index (χ1) is 6.06. The lowest BCUT2D eigenvalue weighted by Crippen LogP contribution is -2.33. The van der Waals surface area contributed by atoms with E-state index in [-0.39, 0.29) is 6.61 Å². The van der Waals surface area contributed by atoms with E-state index in [1.54, 1.807) is 0 Å². The second-order valence-corrected chi connectivity index (χ2v) is 4.64. The molecular formula is C10H14INO. The van der Waals surface area contributed by atoms with Crippen LogP contribution >= 0.6 is 22.6 Å². The van der Waals surface area contributed by atoms with Gasteiger partial charge in [0.25, 0.3) is 0 Å². The molecule has 3 heteroatoms. The summed E-state index contributed by atoms with van der Waals surface area (Å²) in [5, 5.41) is 8.84. The SMILES string of the molecule is CC(N)(CCO)c1ccc(I)cc1. The van der Waals surface area contributed by atoms with Gasteiger partial charge in [-0.1, -0.05) is 12.1 Å². The van der Waals surface area contributed by atoms with Crippen LogP contribution in [0.5, 0.6) is 0 Å². The summed E-state index contributed by atoms with van der Waals surface area (Å²) in [6, 6.07) is 8.08. The molecule has 1 rings (SSSR count). The van der Waals surface area contributed by atoms with Crippen LogP contribution in [0.25, 0.3) is 0 Å². The lowest BCUT2D eigenvalue weighted by Gasteiger charge is -2.24. The van der Waals surface area contributed by atoms with Gasteiger partial charge >= 0.3 is 0 Å². The van der Waals surface area contributed by atoms with Gasteiger partial charge in [0.05, 0.1) is 0 Å². The molecule has 0 saturated carbocycles. The maximum absolute atomic E-state index is 8.84. The first-order valence-corrected chi connectivity index (χ1v) is 5.30. The number of hydrogen-bond donors (Lipinski definition) is 2. The molecule has 2 nitrogen and oxygen atoms in total. The fourth-order valence-corrected chi connectivity index (χ4v) is 1.57. The van der Waals surface area contributed by atoms with E-state index < -0.39 is 5.54 Å². The lowest BCUT2D eigenvalue weighted by molar-refractivity contribution is 0.247. The van der Waals surface area contributed by atoms with Gasteiger partial charge in [0.15, 0.2) is 0 Å². The number of hydrogen-bond acceptors (Lipinski definition) is 2. The van der Waals surface area contributed by atoms with Gasteiger partial charge in [-0.05, 0) is 53.6 Å². The quantitative estimate of drug-likeness (QED) is 0.835. The molecule has 0 bridgehead atoms. The summed E-state index contributed by atoms with van der Waals surface area (Å²) in [6.45, 7) is 2.06. The minimum atomic E-state index is -0.418. The Bertz CT molecular complexity index is 269. The number of benzene rings is 1. The Morgan fingerprint density at radius 3 is 2.38 bits per heavy atom. The zero-order valence-electron chi connectivity index (χ0n) is 7.63. The Morgan fingerprint density at radius 1 is 1.38 bits per heavy atom. The molecule has 1 aromatic carbocycles. The maximum Gasteiger partial charge on any atom is 0.0451 e. The average molecular weight is 291 g/mol. The van der Waals surface area contributed by atoms with Gasteiger partial charge in [-0.25, -0.2) is 0 Å². The second-order valence-electron chi connectivity index (χ2n) is 3.40. The van der Waals surface area contributed by atoms with E-state index in [0.29, 0.717) is 6.42 Å². The van der Waals surface area contributed by atoms with Gasteiger partial charge in [0.1, 0.15) is 0 Å². The first kappa shape index (κ1) is 10.9. The van der Waals surface area contributed by atoms with Crippen LogP contribution in [0.3, 0.4) is 0 Å². The van der Waals surface area contributed by atoms with Crippen molar-refractivity contribution in [2.45, 2.75) is 18.9 Å². The molecule has 0 aliphatic heterocycles. The van der Waals surface area contributed by atoms with E-state index in [2.05, 4.69) is 22.6 Å². The average Bonchev–Trinajstić information content (AvgIpc) is 2.05. The Labute approximate surface area is 92.3 Å². The summed E-state index contributed by atoms with van der Waals surface area (Å²) >= 11 is 2.26. The van der Waals surface area contributed by atoms with Gasteiger partial charge in [0, 0.05) is 15.7 Å². The summed E-state index contributed by atoms with van der Waals surface area (Å²) in [7, 11) is 0. The molecule has 0 aliphatic rings. The van der Waals surface area contributed by atoms with E-state index >= 15 is 0 Å². The van der Waals surface area contributed by atoms with Crippen LogP contribution in [-0.4, -0.2) is 11.7 Å². The van der Waals surface area contributed by atoms with E-state index in [0.717, 1.165) is 5.56 Å². The Hall–Kier alpha value is -0.130. The second kappa shape index (κ2) is 4.39. The van der Waals surface area contributed by atoms with Crippen molar-refractivity contribution >= 4 is 22.6 Å². The molecule has 1 aromatic rings. The molecule has 0 radical (unpaired) electrons. The van der Waals surface area contributed by atoms with Crippen molar-refractivity contribution in [1.29, 1.82) is 0 Å². The highest BCUT2D eigenvalue weighted by atomic mass is 127. The first-order valence-electron chi connectivity index (χ1n) is 4.22. The van der Waals surface area contributed by atoms with E-state index in [1.165, 1.54) is 3.57 Å². The Balaban J connectivity index is 2.87. The standard InChI is InChI=1S/C10H14INO/c1-10(12,6-7-13)8-2-4-9(11)5-3-8/h2-5,13H,6-7,12H2,1H3. The third-order valence-electron chi connectivity index (χ3n) is 2.13. The topological polar surface area (TPSA) is 46.2 Å². The van der Waals surface area contributed by atoms with Crippen LogP contribution in [-0.2, 0) is 5.54 Å². The van der Waals surface area contributed by atoms with Gasteiger partial charge < -0.3 is 10.8 Å². The van der Waals surface area contributed by atoms with Crippen molar-refractivity contribution in [3.8, 4) is 0 Å². The van der Waals surface area contributed by atoms with Crippen molar-refractivity contribution in [2.75, 3.05) is 6.61 Å². The lowest BCUT2D eigenvalue weighted by atomic mass is 9.90. The number of nitrogens with two attached hydrogens (primary N) is 1. The molecule has 1 atom stereocenters. The molecule has 13 heavy (non-hydrogen) atoms. The van der Waals surface area contributed by atoms with Gasteiger partial charge in [-0.2, -0.15) is 0 Å². The largest absolute Gasteiger partial charge is 0.396 e. The Kier molecular flexibility index (Phi) is 3.70. The van der Waals surface area contributed by atoms with E-state index in [4.69, 9.17) is 10.8 Å². The highest BCUT2D eigenvalue weighted by Crippen LogP contribution is 2.21. The molecule has 0 aromatic heterocycles. The molecular weight excluding hydrogens is 277 g/mol. The van der Waals surface area contributed by atoms with Gasteiger partial charge in [0.2, 0.25) is 0 Å². The molecule has 3 N–H and O–H groups in total. The summed E-state index contributed by atoms with van der Waals surface area (Å²) < 4.78 is 1.20. The van der Waals surface area contributed by atoms with Crippen molar-refractivity contribution in [2.24, 2.45) is 5.73 Å². The monoisotopic (exact) mass is 291 g/mol. The van der Waals surface area contributed by atoms with Crippen LogP contribution in [0.4, 0.5) is 0 Å². The van der Waals surface area contributed by atoms with Crippen LogP contribution in [0, 0.1) is 3.57 Å². The molecule has 0 aliphatic carbocycles. The summed E-state index contributed by atoms with van der Waals surface area (Å²) in [5.41, 5.74) is 6.69. The number of aliphatic hydroxyl groups is 1. The maximum atomic E-state index is 8.84. The van der Waals surface area contributed by atoms with Crippen LogP contribution < -0.4 is 5.73 Å². The fraction of sp³-hybridized carbons (Fsp3) is 0.400. The van der Waals surface area contributed by atoms with Crippen molar-refractivity contribution in [3.63, 3.8) is 0 Å². The number of aliphatic hydroxyl groups excluding tert-OH is 1. The van der Waals surface area contributed by atoms with Crippen LogP contribution in [0.1, 0.15) is 18.9 Å². The molecule has 0 heterocycles. The summed E-state index contributed by atoms with van der Waals surface area (Å²) in [6.07, 6.45) is 0.591. The molecule has 72 valence electrons. The highest BCUT2D eigenvalue weighted by molar-refractivity contribution is 14.1. The fourth-order valence-electron chi connectivity index (χ4n) is 1.21. The number of halogens is 1. The summed E-state index contributed by atoms with van der Waals surface area (Å²) in [5.74, 6) is 0. The minimum Gasteiger partial charge on any atom is -0.396 e. The molecule has 0 spiro atoms. The van der Waals surface area contributed by atoms with Gasteiger partial charge in [-0.15, -0.1) is 0 Å². The zero-order chi connectivity index (χ0) is 9.90. The molecule has 0 amide bonds. The highest BCUT2D eigenvalue weighted by Gasteiger charge is 2.19. The van der Waals surface area contributed by atoms with Crippen molar-refractivity contribution < 1.29 is 5.11 Å². The predicted octanol–water partition coefficient (Wildman–Crippen LogP) is 1.85. The normalized spacial score (nSPS) is 15.4. The number of rotatable bonds is 3. The van der Waals surface area contributed by atoms with Crippen LogP contribution in [0.15, 0.2) is 24.3 Å². The third kappa shape index (κ3) is 2.93. The van der Waals surface area contributed by atoms with Crippen molar-refractivity contribution in [3.05, 3.63) is 33.4 Å². The predicted molar refractivity (Wildman–Crippen MR) is 62.4 cm³/mol. The smallest absolute Gasteiger partial charge is 0.0451 e. The van der Waals surface area contributed by atoms with Crippen LogP contribution in [0.2, 0.25) is 0 Å². The van der Waals surface area contributed by atoms with E-state index in [1.807, 2.05) is 31.2 Å².